The van der Waals surface area contributed by atoms with Crippen LogP contribution >= 0.6 is 11.6 Å². The molecule has 1 aromatic heterocycles. The Balaban J connectivity index is 2.69. The molecule has 3 nitrogen and oxygen atoms in total. The first-order chi connectivity index (χ1) is 8.02. The molecule has 0 amide bonds. The van der Waals surface area contributed by atoms with E-state index >= 15 is 0 Å². The molecule has 0 radical (unpaired) electrons. The minimum Gasteiger partial charge on any atom is -0.481 e. The van der Waals surface area contributed by atoms with Crippen LogP contribution in [0.3, 0.4) is 0 Å². The van der Waals surface area contributed by atoms with Crippen LogP contribution in [0.1, 0.15) is 18.1 Å². The van der Waals surface area contributed by atoms with Crippen LogP contribution in [0.2, 0.25) is 5.02 Å². The quantitative estimate of drug-likeness (QED) is 0.910. The number of rotatable bonds is 3. The maximum Gasteiger partial charge on any atom is 0.307 e. The number of halogens is 1. The lowest BCUT2D eigenvalue weighted by atomic mass is 10.1. The van der Waals surface area contributed by atoms with E-state index in [9.17, 15) is 4.79 Å². The van der Waals surface area contributed by atoms with Gasteiger partial charge in [0.05, 0.1) is 6.42 Å². The lowest BCUT2D eigenvalue weighted by molar-refractivity contribution is -0.136. The number of aromatic nitrogens is 1. The van der Waals surface area contributed by atoms with E-state index in [2.05, 4.69) is 0 Å². The molecule has 0 aliphatic rings. The number of hydrogen-bond acceptors (Lipinski definition) is 1. The van der Waals surface area contributed by atoms with Crippen molar-refractivity contribution in [2.75, 3.05) is 0 Å². The van der Waals surface area contributed by atoms with Crippen LogP contribution < -0.4 is 0 Å². The molecule has 0 atom stereocenters. The molecule has 0 bridgehead atoms. The largest absolute Gasteiger partial charge is 0.481 e. The Labute approximate surface area is 105 Å². The molecule has 0 aliphatic carbocycles. The van der Waals surface area contributed by atoms with E-state index < -0.39 is 5.97 Å². The highest BCUT2D eigenvalue weighted by Gasteiger charge is 2.12. The Morgan fingerprint density at radius 3 is 2.76 bits per heavy atom. The normalized spacial score (nSPS) is 11.0. The van der Waals surface area contributed by atoms with Crippen LogP contribution in [0.15, 0.2) is 18.3 Å². The average molecular weight is 252 g/mol. The van der Waals surface area contributed by atoms with Gasteiger partial charge in [0.1, 0.15) is 0 Å². The molecule has 1 N–H and O–H groups in total. The standard InChI is InChI=1S/C13H14ClNO2/c1-3-15-7-9(5-13(16)17)10-4-8(2)11(14)6-12(10)15/h4,6-7H,3,5H2,1-2H3,(H,16,17). The number of carboxylic acid groups (broad SMARTS) is 1. The maximum absolute atomic E-state index is 10.8. The Morgan fingerprint density at radius 1 is 1.47 bits per heavy atom. The van der Waals surface area contributed by atoms with Gasteiger partial charge in [-0.05, 0) is 37.1 Å². The summed E-state index contributed by atoms with van der Waals surface area (Å²) in [5.74, 6) is -0.812. The van der Waals surface area contributed by atoms with Crippen molar-refractivity contribution in [3.63, 3.8) is 0 Å². The fraction of sp³-hybridized carbons (Fsp3) is 0.308. The SMILES string of the molecule is CCn1cc(CC(=O)O)c2cc(C)c(Cl)cc21. The van der Waals surface area contributed by atoms with Crippen molar-refractivity contribution in [1.29, 1.82) is 0 Å². The molecule has 0 fully saturated rings. The number of benzene rings is 1. The number of aryl methyl sites for hydroxylation is 2. The zero-order valence-corrected chi connectivity index (χ0v) is 10.6. The zero-order chi connectivity index (χ0) is 12.6. The number of hydrogen-bond donors (Lipinski definition) is 1. The smallest absolute Gasteiger partial charge is 0.307 e. The average Bonchev–Trinajstić information content (AvgIpc) is 2.57. The molecule has 0 aliphatic heterocycles. The molecule has 1 heterocycles. The van der Waals surface area contributed by atoms with Gasteiger partial charge in [-0.15, -0.1) is 0 Å². The molecule has 0 spiro atoms. The Hall–Kier alpha value is -1.48. The van der Waals surface area contributed by atoms with Gasteiger partial charge in [0, 0.05) is 28.7 Å². The fourth-order valence-electron chi connectivity index (χ4n) is 2.06. The summed E-state index contributed by atoms with van der Waals surface area (Å²) < 4.78 is 2.03. The van der Waals surface area contributed by atoms with Crippen molar-refractivity contribution in [2.24, 2.45) is 0 Å². The minimum absolute atomic E-state index is 0.0462. The predicted octanol–water partition coefficient (Wildman–Crippen LogP) is 3.25. The van der Waals surface area contributed by atoms with Crippen LogP contribution in [-0.2, 0) is 17.8 Å². The number of carbonyl (C=O) groups is 1. The van der Waals surface area contributed by atoms with Gasteiger partial charge in [-0.25, -0.2) is 0 Å². The first-order valence-electron chi connectivity index (χ1n) is 5.52. The van der Waals surface area contributed by atoms with Gasteiger partial charge < -0.3 is 9.67 Å². The van der Waals surface area contributed by atoms with E-state index in [1.165, 1.54) is 0 Å². The molecule has 0 saturated heterocycles. The number of carboxylic acids is 1. The topological polar surface area (TPSA) is 42.2 Å². The van der Waals surface area contributed by atoms with E-state index in [1.54, 1.807) is 0 Å². The summed E-state index contributed by atoms with van der Waals surface area (Å²) in [5.41, 5.74) is 2.81. The van der Waals surface area contributed by atoms with Gasteiger partial charge in [-0.2, -0.15) is 0 Å². The van der Waals surface area contributed by atoms with Crippen molar-refractivity contribution in [3.05, 3.63) is 34.5 Å². The third-order valence-corrected chi connectivity index (χ3v) is 3.33. The minimum atomic E-state index is -0.812. The molecule has 2 rings (SSSR count). The Bertz CT molecular complexity index is 587. The number of aliphatic carboxylic acids is 1. The van der Waals surface area contributed by atoms with Gasteiger partial charge in [0.15, 0.2) is 0 Å². The summed E-state index contributed by atoms with van der Waals surface area (Å²) in [6.45, 7) is 4.75. The van der Waals surface area contributed by atoms with E-state index in [0.29, 0.717) is 5.02 Å². The van der Waals surface area contributed by atoms with E-state index in [-0.39, 0.29) is 6.42 Å². The molecule has 2 aromatic rings. The lowest BCUT2D eigenvalue weighted by Gasteiger charge is -2.03. The van der Waals surface area contributed by atoms with Gasteiger partial charge in [-0.3, -0.25) is 4.79 Å². The molecule has 0 unspecified atom stereocenters. The molecule has 17 heavy (non-hydrogen) atoms. The Kier molecular flexibility index (Phi) is 3.11. The van der Waals surface area contributed by atoms with E-state index in [0.717, 1.165) is 28.6 Å². The summed E-state index contributed by atoms with van der Waals surface area (Å²) in [4.78, 5) is 10.8. The van der Waals surface area contributed by atoms with E-state index in [4.69, 9.17) is 16.7 Å². The Morgan fingerprint density at radius 2 is 2.18 bits per heavy atom. The van der Waals surface area contributed by atoms with Gasteiger partial charge in [0.25, 0.3) is 0 Å². The lowest BCUT2D eigenvalue weighted by Crippen LogP contribution is -1.99. The first-order valence-corrected chi connectivity index (χ1v) is 5.90. The summed E-state index contributed by atoms with van der Waals surface area (Å²) >= 11 is 6.10. The maximum atomic E-state index is 10.8. The number of nitrogens with zero attached hydrogens (tertiary/aromatic N) is 1. The summed E-state index contributed by atoms with van der Waals surface area (Å²) in [5, 5.41) is 10.6. The summed E-state index contributed by atoms with van der Waals surface area (Å²) in [7, 11) is 0. The van der Waals surface area contributed by atoms with Gasteiger partial charge in [-0.1, -0.05) is 11.6 Å². The van der Waals surface area contributed by atoms with Crippen LogP contribution in [-0.4, -0.2) is 15.6 Å². The molecule has 4 heteroatoms. The first kappa shape index (κ1) is 12.0. The van der Waals surface area contributed by atoms with Crippen LogP contribution in [0.25, 0.3) is 10.9 Å². The third kappa shape index (κ3) is 2.15. The summed E-state index contributed by atoms with van der Waals surface area (Å²) in [6, 6.07) is 3.86. The highest BCUT2D eigenvalue weighted by molar-refractivity contribution is 6.32. The second kappa shape index (κ2) is 4.41. The second-order valence-corrected chi connectivity index (χ2v) is 4.54. The highest BCUT2D eigenvalue weighted by atomic mass is 35.5. The molecular weight excluding hydrogens is 238 g/mol. The van der Waals surface area contributed by atoms with Crippen molar-refractivity contribution in [1.82, 2.24) is 4.57 Å². The van der Waals surface area contributed by atoms with Gasteiger partial charge in [0.2, 0.25) is 0 Å². The molecule has 90 valence electrons. The third-order valence-electron chi connectivity index (χ3n) is 2.93. The zero-order valence-electron chi connectivity index (χ0n) is 9.83. The molecule has 1 aromatic carbocycles. The van der Waals surface area contributed by atoms with Crippen molar-refractivity contribution >= 4 is 28.5 Å². The fourth-order valence-corrected chi connectivity index (χ4v) is 2.22. The molecule has 0 saturated carbocycles. The van der Waals surface area contributed by atoms with E-state index in [1.807, 2.05) is 36.7 Å². The summed E-state index contributed by atoms with van der Waals surface area (Å²) in [6.07, 6.45) is 1.94. The van der Waals surface area contributed by atoms with Crippen molar-refractivity contribution < 1.29 is 9.90 Å². The molecular formula is C13H14ClNO2. The predicted molar refractivity (Wildman–Crippen MR) is 68.7 cm³/mol. The number of fused-ring (bicyclic) bond motifs is 1. The van der Waals surface area contributed by atoms with Crippen LogP contribution in [0.5, 0.6) is 0 Å². The van der Waals surface area contributed by atoms with Crippen molar-refractivity contribution in [2.45, 2.75) is 26.8 Å². The van der Waals surface area contributed by atoms with Crippen molar-refractivity contribution in [3.8, 4) is 0 Å². The van der Waals surface area contributed by atoms with Crippen LogP contribution in [0.4, 0.5) is 0 Å². The highest BCUT2D eigenvalue weighted by Crippen LogP contribution is 2.28. The monoisotopic (exact) mass is 251 g/mol. The van der Waals surface area contributed by atoms with Crippen LogP contribution in [0, 0.1) is 6.92 Å². The van der Waals surface area contributed by atoms with Gasteiger partial charge >= 0.3 is 5.97 Å². The second-order valence-electron chi connectivity index (χ2n) is 4.13.